The summed E-state index contributed by atoms with van der Waals surface area (Å²) in [5, 5.41) is 0. The third kappa shape index (κ3) is 2.10. The SMILES string of the molecule is CC(N)CN1CCC2CCC(C1)N2C. The number of hydrogen-bond donors (Lipinski definition) is 1. The standard InChI is InChI=1S/C11H23N3/c1-9(12)7-14-6-5-10-3-4-11(8-14)13(10)2/h9-11H,3-8,12H2,1-2H3. The van der Waals surface area contributed by atoms with E-state index in [1.54, 1.807) is 0 Å². The minimum absolute atomic E-state index is 0.317. The van der Waals surface area contributed by atoms with Crippen LogP contribution in [0.15, 0.2) is 0 Å². The van der Waals surface area contributed by atoms with Crippen molar-refractivity contribution >= 4 is 0 Å². The minimum Gasteiger partial charge on any atom is -0.327 e. The Hall–Kier alpha value is -0.120. The van der Waals surface area contributed by atoms with Gasteiger partial charge >= 0.3 is 0 Å². The smallest absolute Gasteiger partial charge is 0.0223 e. The molecule has 2 bridgehead atoms. The lowest BCUT2D eigenvalue weighted by atomic mass is 10.1. The molecule has 2 aliphatic rings. The highest BCUT2D eigenvalue weighted by atomic mass is 15.3. The highest BCUT2D eigenvalue weighted by Crippen LogP contribution is 2.28. The average Bonchev–Trinajstić information content (AvgIpc) is 2.33. The van der Waals surface area contributed by atoms with Crippen LogP contribution in [-0.4, -0.2) is 54.6 Å². The van der Waals surface area contributed by atoms with Crippen molar-refractivity contribution in [3.05, 3.63) is 0 Å². The number of nitrogens with two attached hydrogens (primary N) is 1. The molecule has 0 aromatic heterocycles. The molecule has 2 aliphatic heterocycles. The average molecular weight is 197 g/mol. The Kier molecular flexibility index (Phi) is 3.10. The van der Waals surface area contributed by atoms with Crippen LogP contribution < -0.4 is 5.73 Å². The molecule has 2 heterocycles. The van der Waals surface area contributed by atoms with Crippen LogP contribution in [0.1, 0.15) is 26.2 Å². The Bertz CT molecular complexity index is 193. The van der Waals surface area contributed by atoms with E-state index in [9.17, 15) is 0 Å². The molecule has 2 saturated heterocycles. The van der Waals surface area contributed by atoms with Gasteiger partial charge in [0.25, 0.3) is 0 Å². The number of likely N-dealkylation sites (N-methyl/N-ethyl adjacent to an activating group) is 1. The molecule has 3 unspecified atom stereocenters. The number of nitrogens with zero attached hydrogens (tertiary/aromatic N) is 2. The van der Waals surface area contributed by atoms with E-state index in [0.717, 1.165) is 18.6 Å². The zero-order valence-corrected chi connectivity index (χ0v) is 9.45. The molecule has 2 N–H and O–H groups in total. The van der Waals surface area contributed by atoms with E-state index in [1.165, 1.54) is 32.4 Å². The maximum Gasteiger partial charge on any atom is 0.0223 e. The summed E-state index contributed by atoms with van der Waals surface area (Å²) in [5.74, 6) is 0. The topological polar surface area (TPSA) is 32.5 Å². The highest BCUT2D eigenvalue weighted by molar-refractivity contribution is 4.91. The van der Waals surface area contributed by atoms with E-state index in [-0.39, 0.29) is 0 Å². The molecule has 0 radical (unpaired) electrons. The van der Waals surface area contributed by atoms with E-state index >= 15 is 0 Å². The minimum atomic E-state index is 0.317. The predicted molar refractivity (Wildman–Crippen MR) is 59.3 cm³/mol. The number of rotatable bonds is 2. The van der Waals surface area contributed by atoms with Crippen molar-refractivity contribution in [1.82, 2.24) is 9.80 Å². The van der Waals surface area contributed by atoms with Crippen LogP contribution in [0.5, 0.6) is 0 Å². The fraction of sp³-hybridized carbons (Fsp3) is 1.00. The van der Waals surface area contributed by atoms with Gasteiger partial charge in [-0.25, -0.2) is 0 Å². The summed E-state index contributed by atoms with van der Waals surface area (Å²) >= 11 is 0. The first-order valence-corrected chi connectivity index (χ1v) is 5.86. The van der Waals surface area contributed by atoms with Crippen LogP contribution in [0.3, 0.4) is 0 Å². The first-order chi connectivity index (χ1) is 6.66. The van der Waals surface area contributed by atoms with Crippen molar-refractivity contribution < 1.29 is 0 Å². The Morgan fingerprint density at radius 1 is 1.29 bits per heavy atom. The van der Waals surface area contributed by atoms with Crippen LogP contribution in [0, 0.1) is 0 Å². The van der Waals surface area contributed by atoms with Gasteiger partial charge in [0, 0.05) is 31.2 Å². The second kappa shape index (κ2) is 4.17. The highest BCUT2D eigenvalue weighted by Gasteiger charge is 2.34. The summed E-state index contributed by atoms with van der Waals surface area (Å²) < 4.78 is 0. The zero-order valence-electron chi connectivity index (χ0n) is 9.45. The molecule has 3 nitrogen and oxygen atoms in total. The van der Waals surface area contributed by atoms with Gasteiger partial charge in [-0.15, -0.1) is 0 Å². The molecule has 0 aliphatic carbocycles. The van der Waals surface area contributed by atoms with E-state index in [1.807, 2.05) is 0 Å². The van der Waals surface area contributed by atoms with Gasteiger partial charge in [-0.3, -0.25) is 4.90 Å². The third-order valence-electron chi connectivity index (χ3n) is 3.78. The third-order valence-corrected chi connectivity index (χ3v) is 3.78. The lowest BCUT2D eigenvalue weighted by Crippen LogP contribution is -2.41. The molecule has 0 amide bonds. The van der Waals surface area contributed by atoms with Crippen LogP contribution in [-0.2, 0) is 0 Å². The van der Waals surface area contributed by atoms with Gasteiger partial charge < -0.3 is 10.6 Å². The van der Waals surface area contributed by atoms with Crippen LogP contribution >= 0.6 is 0 Å². The van der Waals surface area contributed by atoms with Crippen LogP contribution in [0.25, 0.3) is 0 Å². The second-order valence-corrected chi connectivity index (χ2v) is 5.08. The molecule has 3 atom stereocenters. The molecule has 82 valence electrons. The van der Waals surface area contributed by atoms with Crippen molar-refractivity contribution in [2.24, 2.45) is 5.73 Å². The molecular weight excluding hydrogens is 174 g/mol. The molecule has 3 heteroatoms. The van der Waals surface area contributed by atoms with Gasteiger partial charge in [0.05, 0.1) is 0 Å². The summed E-state index contributed by atoms with van der Waals surface area (Å²) in [6.45, 7) is 5.64. The Morgan fingerprint density at radius 3 is 2.71 bits per heavy atom. The van der Waals surface area contributed by atoms with Crippen LogP contribution in [0.2, 0.25) is 0 Å². The molecule has 14 heavy (non-hydrogen) atoms. The maximum absolute atomic E-state index is 5.85. The molecule has 2 fully saturated rings. The Balaban J connectivity index is 1.93. The molecular formula is C11H23N3. The number of hydrogen-bond acceptors (Lipinski definition) is 3. The van der Waals surface area contributed by atoms with Gasteiger partial charge in [0.2, 0.25) is 0 Å². The van der Waals surface area contributed by atoms with Gasteiger partial charge in [0.15, 0.2) is 0 Å². The predicted octanol–water partition coefficient (Wildman–Crippen LogP) is 0.502. The van der Waals surface area contributed by atoms with Gasteiger partial charge in [0.1, 0.15) is 0 Å². The van der Waals surface area contributed by atoms with Gasteiger partial charge in [-0.05, 0) is 39.8 Å². The van der Waals surface area contributed by atoms with Crippen molar-refractivity contribution in [3.63, 3.8) is 0 Å². The molecule has 0 saturated carbocycles. The van der Waals surface area contributed by atoms with Gasteiger partial charge in [-0.2, -0.15) is 0 Å². The fourth-order valence-electron chi connectivity index (χ4n) is 2.95. The zero-order chi connectivity index (χ0) is 10.1. The van der Waals surface area contributed by atoms with E-state index < -0.39 is 0 Å². The molecule has 0 spiro atoms. The first-order valence-electron chi connectivity index (χ1n) is 5.86. The van der Waals surface area contributed by atoms with Crippen LogP contribution in [0.4, 0.5) is 0 Å². The fourth-order valence-corrected chi connectivity index (χ4v) is 2.95. The maximum atomic E-state index is 5.85. The normalized spacial score (nSPS) is 37.1. The van der Waals surface area contributed by atoms with Crippen molar-refractivity contribution in [3.8, 4) is 0 Å². The van der Waals surface area contributed by atoms with E-state index in [4.69, 9.17) is 5.73 Å². The first kappa shape index (κ1) is 10.4. The lowest BCUT2D eigenvalue weighted by Gasteiger charge is -2.26. The summed E-state index contributed by atoms with van der Waals surface area (Å²) in [7, 11) is 2.29. The largest absolute Gasteiger partial charge is 0.327 e. The summed E-state index contributed by atoms with van der Waals surface area (Å²) in [6.07, 6.45) is 4.13. The summed E-state index contributed by atoms with van der Waals surface area (Å²) in [5.41, 5.74) is 5.85. The summed E-state index contributed by atoms with van der Waals surface area (Å²) in [6, 6.07) is 1.95. The number of fused-ring (bicyclic) bond motifs is 2. The molecule has 0 aromatic carbocycles. The van der Waals surface area contributed by atoms with Crippen molar-refractivity contribution in [2.45, 2.75) is 44.3 Å². The summed E-state index contributed by atoms with van der Waals surface area (Å²) in [4.78, 5) is 5.13. The van der Waals surface area contributed by atoms with E-state index in [0.29, 0.717) is 6.04 Å². The second-order valence-electron chi connectivity index (χ2n) is 5.08. The van der Waals surface area contributed by atoms with Crippen molar-refractivity contribution in [2.75, 3.05) is 26.7 Å². The Labute approximate surface area is 87.2 Å². The lowest BCUT2D eigenvalue weighted by molar-refractivity contribution is 0.214. The monoisotopic (exact) mass is 197 g/mol. The van der Waals surface area contributed by atoms with Crippen molar-refractivity contribution in [1.29, 1.82) is 0 Å². The number of likely N-dealkylation sites (tertiary alicyclic amines) is 1. The Morgan fingerprint density at radius 2 is 2.00 bits per heavy atom. The van der Waals surface area contributed by atoms with Gasteiger partial charge in [-0.1, -0.05) is 0 Å². The molecule has 0 aromatic rings. The van der Waals surface area contributed by atoms with E-state index in [2.05, 4.69) is 23.8 Å². The molecule has 2 rings (SSSR count). The quantitative estimate of drug-likeness (QED) is 0.700.